The predicted octanol–water partition coefficient (Wildman–Crippen LogP) is 0.841. The minimum Gasteiger partial charge on any atom is -0.484 e. The molecular formula is C11H12FNO4. The van der Waals surface area contributed by atoms with E-state index in [0.717, 1.165) is 0 Å². The summed E-state index contributed by atoms with van der Waals surface area (Å²) in [6.07, 6.45) is 0. The molecule has 0 saturated carbocycles. The van der Waals surface area contributed by atoms with Crippen molar-refractivity contribution in [3.63, 3.8) is 0 Å². The molecule has 0 fully saturated rings. The molecule has 0 bridgehead atoms. The van der Waals surface area contributed by atoms with Gasteiger partial charge in [0.15, 0.2) is 13.3 Å². The van der Waals surface area contributed by atoms with Crippen LogP contribution in [-0.2, 0) is 14.3 Å². The number of rotatable bonds is 5. The molecule has 1 aromatic rings. The number of hydrogen-bond donors (Lipinski definition) is 1. The molecule has 92 valence electrons. The summed E-state index contributed by atoms with van der Waals surface area (Å²) in [7, 11) is 0. The Morgan fingerprint density at radius 1 is 1.29 bits per heavy atom. The van der Waals surface area contributed by atoms with Gasteiger partial charge < -0.3 is 14.8 Å². The Morgan fingerprint density at radius 3 is 2.53 bits per heavy atom. The predicted molar refractivity (Wildman–Crippen MR) is 56.7 cm³/mol. The first-order chi connectivity index (χ1) is 8.08. The summed E-state index contributed by atoms with van der Waals surface area (Å²) in [5.74, 6) is -0.911. The molecule has 5 nitrogen and oxygen atoms in total. The standard InChI is InChI=1S/C11H12FNO4/c1-8(14)17-7-13-11(15)6-16-10-4-2-9(12)3-5-10/h2-5H,6-7H2,1H3,(H,13,15). The van der Waals surface area contributed by atoms with Crippen molar-refractivity contribution in [2.75, 3.05) is 13.3 Å². The molecule has 0 heterocycles. The van der Waals surface area contributed by atoms with Crippen molar-refractivity contribution < 1.29 is 23.5 Å². The van der Waals surface area contributed by atoms with Gasteiger partial charge in [0.1, 0.15) is 11.6 Å². The maximum Gasteiger partial charge on any atom is 0.304 e. The molecular weight excluding hydrogens is 229 g/mol. The fourth-order valence-corrected chi connectivity index (χ4v) is 0.949. The van der Waals surface area contributed by atoms with Crippen LogP contribution in [0.25, 0.3) is 0 Å². The van der Waals surface area contributed by atoms with E-state index in [2.05, 4.69) is 10.1 Å². The van der Waals surface area contributed by atoms with Gasteiger partial charge in [-0.05, 0) is 24.3 Å². The molecule has 1 amide bonds. The molecule has 1 N–H and O–H groups in total. The van der Waals surface area contributed by atoms with Crippen LogP contribution >= 0.6 is 0 Å². The van der Waals surface area contributed by atoms with Crippen molar-refractivity contribution in [3.8, 4) is 5.75 Å². The largest absolute Gasteiger partial charge is 0.484 e. The van der Waals surface area contributed by atoms with Crippen LogP contribution in [0.2, 0.25) is 0 Å². The minimum atomic E-state index is -0.482. The number of amides is 1. The summed E-state index contributed by atoms with van der Waals surface area (Å²) in [6, 6.07) is 5.28. The van der Waals surface area contributed by atoms with Crippen LogP contribution in [0.3, 0.4) is 0 Å². The van der Waals surface area contributed by atoms with Crippen LogP contribution in [0.1, 0.15) is 6.92 Å². The number of esters is 1. The first-order valence-corrected chi connectivity index (χ1v) is 4.86. The van der Waals surface area contributed by atoms with Gasteiger partial charge in [0, 0.05) is 6.92 Å². The first-order valence-electron chi connectivity index (χ1n) is 4.86. The molecule has 0 unspecified atom stereocenters. The lowest BCUT2D eigenvalue weighted by molar-refractivity contribution is -0.143. The molecule has 0 radical (unpaired) electrons. The summed E-state index contributed by atoms with van der Waals surface area (Å²) in [4.78, 5) is 21.6. The molecule has 0 saturated heterocycles. The van der Waals surface area contributed by atoms with Crippen molar-refractivity contribution in [1.29, 1.82) is 0 Å². The lowest BCUT2D eigenvalue weighted by atomic mass is 10.3. The van der Waals surface area contributed by atoms with Gasteiger partial charge in [0.2, 0.25) is 0 Å². The van der Waals surface area contributed by atoms with Crippen LogP contribution in [-0.4, -0.2) is 25.2 Å². The molecule has 0 aliphatic carbocycles. The van der Waals surface area contributed by atoms with E-state index in [1.807, 2.05) is 0 Å². The Hall–Kier alpha value is -2.11. The Kier molecular flexibility index (Phi) is 4.93. The summed E-state index contributed by atoms with van der Waals surface area (Å²) >= 11 is 0. The Labute approximate surface area is 97.5 Å². The van der Waals surface area contributed by atoms with Crippen LogP contribution in [0.15, 0.2) is 24.3 Å². The Bertz CT molecular complexity index is 391. The van der Waals surface area contributed by atoms with Crippen LogP contribution in [0, 0.1) is 5.82 Å². The van der Waals surface area contributed by atoms with Gasteiger partial charge in [0.25, 0.3) is 5.91 Å². The van der Waals surface area contributed by atoms with E-state index in [9.17, 15) is 14.0 Å². The van der Waals surface area contributed by atoms with E-state index >= 15 is 0 Å². The van der Waals surface area contributed by atoms with Gasteiger partial charge in [-0.1, -0.05) is 0 Å². The highest BCUT2D eigenvalue weighted by atomic mass is 19.1. The van der Waals surface area contributed by atoms with E-state index in [4.69, 9.17) is 4.74 Å². The second-order valence-corrected chi connectivity index (χ2v) is 3.12. The molecule has 0 aromatic heterocycles. The fraction of sp³-hybridized carbons (Fsp3) is 0.273. The molecule has 0 spiro atoms. The number of benzene rings is 1. The zero-order valence-corrected chi connectivity index (χ0v) is 9.23. The van der Waals surface area contributed by atoms with Gasteiger partial charge in [0.05, 0.1) is 0 Å². The normalized spacial score (nSPS) is 9.53. The van der Waals surface area contributed by atoms with E-state index in [1.165, 1.54) is 31.2 Å². The quantitative estimate of drug-likeness (QED) is 0.613. The number of carbonyl (C=O) groups excluding carboxylic acids is 2. The molecule has 1 aromatic carbocycles. The van der Waals surface area contributed by atoms with Gasteiger partial charge in [-0.2, -0.15) is 0 Å². The van der Waals surface area contributed by atoms with E-state index < -0.39 is 11.9 Å². The number of ether oxygens (including phenoxy) is 2. The van der Waals surface area contributed by atoms with Gasteiger partial charge in [-0.25, -0.2) is 4.39 Å². The lowest BCUT2D eigenvalue weighted by Crippen LogP contribution is -2.31. The number of halogens is 1. The van der Waals surface area contributed by atoms with Gasteiger partial charge in [-0.15, -0.1) is 0 Å². The SMILES string of the molecule is CC(=O)OCNC(=O)COc1ccc(F)cc1. The van der Waals surface area contributed by atoms with Crippen molar-refractivity contribution in [1.82, 2.24) is 5.32 Å². The molecule has 0 aliphatic rings. The van der Waals surface area contributed by atoms with Crippen molar-refractivity contribution >= 4 is 11.9 Å². The van der Waals surface area contributed by atoms with E-state index in [0.29, 0.717) is 5.75 Å². The summed E-state index contributed by atoms with van der Waals surface area (Å²) in [6.45, 7) is 0.814. The average molecular weight is 241 g/mol. The maximum absolute atomic E-state index is 12.5. The highest BCUT2D eigenvalue weighted by Crippen LogP contribution is 2.10. The van der Waals surface area contributed by atoms with Crippen molar-refractivity contribution in [2.45, 2.75) is 6.92 Å². The van der Waals surface area contributed by atoms with Gasteiger partial charge in [-0.3, -0.25) is 9.59 Å². The highest BCUT2D eigenvalue weighted by molar-refractivity contribution is 5.77. The third-order valence-corrected chi connectivity index (χ3v) is 1.73. The van der Waals surface area contributed by atoms with Crippen LogP contribution in [0.5, 0.6) is 5.75 Å². The summed E-state index contributed by atoms with van der Waals surface area (Å²) < 4.78 is 22.1. The number of nitrogens with one attached hydrogen (secondary N) is 1. The zero-order valence-electron chi connectivity index (χ0n) is 9.23. The third-order valence-electron chi connectivity index (χ3n) is 1.73. The van der Waals surface area contributed by atoms with Crippen molar-refractivity contribution in [2.24, 2.45) is 0 Å². The second-order valence-electron chi connectivity index (χ2n) is 3.12. The molecule has 0 atom stereocenters. The topological polar surface area (TPSA) is 64.6 Å². The number of carbonyl (C=O) groups is 2. The summed E-state index contributed by atoms with van der Waals surface area (Å²) in [5.41, 5.74) is 0. The molecule has 6 heteroatoms. The lowest BCUT2D eigenvalue weighted by Gasteiger charge is -2.07. The van der Waals surface area contributed by atoms with Crippen LogP contribution in [0.4, 0.5) is 4.39 Å². The number of hydrogen-bond acceptors (Lipinski definition) is 4. The van der Waals surface area contributed by atoms with Gasteiger partial charge >= 0.3 is 5.97 Å². The first kappa shape index (κ1) is 13.0. The van der Waals surface area contributed by atoms with Crippen LogP contribution < -0.4 is 10.1 Å². The molecule has 0 aliphatic heterocycles. The Morgan fingerprint density at radius 2 is 1.94 bits per heavy atom. The minimum absolute atomic E-state index is 0.194. The summed E-state index contributed by atoms with van der Waals surface area (Å²) in [5, 5.41) is 2.31. The average Bonchev–Trinajstić information content (AvgIpc) is 2.28. The monoisotopic (exact) mass is 241 g/mol. The second kappa shape index (κ2) is 6.47. The van der Waals surface area contributed by atoms with E-state index in [-0.39, 0.29) is 19.2 Å². The third kappa shape index (κ3) is 5.50. The van der Waals surface area contributed by atoms with Crippen molar-refractivity contribution in [3.05, 3.63) is 30.1 Å². The maximum atomic E-state index is 12.5. The fourth-order valence-electron chi connectivity index (χ4n) is 0.949. The van der Waals surface area contributed by atoms with E-state index in [1.54, 1.807) is 0 Å². The highest BCUT2D eigenvalue weighted by Gasteiger charge is 2.03. The molecule has 1 rings (SSSR count). The Balaban J connectivity index is 2.23. The zero-order chi connectivity index (χ0) is 12.7. The smallest absolute Gasteiger partial charge is 0.304 e. The molecule has 17 heavy (non-hydrogen) atoms.